The molecular weight excluding hydrogens is 256 g/mol. The summed E-state index contributed by atoms with van der Waals surface area (Å²) in [7, 11) is 0. The van der Waals surface area contributed by atoms with Crippen LogP contribution < -0.4 is 0 Å². The molecule has 0 heterocycles. The summed E-state index contributed by atoms with van der Waals surface area (Å²) in [6, 6.07) is 0. The second-order valence-corrected chi connectivity index (χ2v) is 2.57. The molecule has 0 aliphatic heterocycles. The van der Waals surface area contributed by atoms with Crippen LogP contribution in [0.25, 0.3) is 16.0 Å². The van der Waals surface area contributed by atoms with Crippen molar-refractivity contribution in [1.82, 2.24) is 0 Å². The quantitative estimate of drug-likeness (QED) is 0.666. The van der Waals surface area contributed by atoms with E-state index in [2.05, 4.69) is 16.0 Å². The summed E-state index contributed by atoms with van der Waals surface area (Å²) >= 11 is 0. The normalized spacial score (nSPS) is 7.88. The van der Waals surface area contributed by atoms with Gasteiger partial charge in [0.15, 0.2) is 0 Å². The second-order valence-electron chi connectivity index (χ2n) is 2.57. The molecule has 0 fully saturated rings. The maximum absolute atomic E-state index is 3.97. The van der Waals surface area contributed by atoms with E-state index < -0.39 is 0 Å². The molecule has 96 valence electrons. The minimum absolute atomic E-state index is 0. The summed E-state index contributed by atoms with van der Waals surface area (Å²) in [5, 5.41) is 11.9. The summed E-state index contributed by atoms with van der Waals surface area (Å²) in [5.74, 6) is 0. The molecule has 0 saturated heterocycles. The van der Waals surface area contributed by atoms with Gasteiger partial charge in [-0.1, -0.05) is 41.5 Å². The van der Waals surface area contributed by atoms with Crippen molar-refractivity contribution in [2.75, 3.05) is 39.3 Å². The third kappa shape index (κ3) is 62.5. The molecule has 0 spiro atoms. The van der Waals surface area contributed by atoms with Crippen molar-refractivity contribution < 1.29 is 0 Å². The van der Waals surface area contributed by atoms with Gasteiger partial charge in [0, 0.05) is 0 Å². The molecule has 0 aromatic carbocycles. The summed E-state index contributed by atoms with van der Waals surface area (Å²) in [4.78, 5) is 0. The summed E-state index contributed by atoms with van der Waals surface area (Å²) in [6.45, 7) is 18.1. The molecule has 0 aromatic rings. The molecule has 0 aliphatic rings. The van der Waals surface area contributed by atoms with Crippen molar-refractivity contribution in [2.24, 2.45) is 0 Å². The molecule has 0 bridgehead atoms. The van der Waals surface area contributed by atoms with Gasteiger partial charge in [0.05, 0.1) is 0 Å². The smallest absolute Gasteiger partial charge is 0.663 e. The van der Waals surface area contributed by atoms with Gasteiger partial charge in [-0.3, -0.25) is 0 Å². The fourth-order valence-corrected chi connectivity index (χ4v) is 0.671. The Bertz CT molecular complexity index is 53.0. The van der Waals surface area contributed by atoms with Crippen LogP contribution in [0.3, 0.4) is 0 Å². The van der Waals surface area contributed by atoms with Crippen molar-refractivity contribution in [3.05, 3.63) is 16.0 Å². The molecule has 0 aromatic heterocycles. The Morgan fingerprint density at radius 1 is 0.438 bits per heavy atom. The Labute approximate surface area is 117 Å². The number of hydrogen-bond acceptors (Lipinski definition) is 0. The van der Waals surface area contributed by atoms with E-state index in [4.69, 9.17) is 0 Å². The van der Waals surface area contributed by atoms with Gasteiger partial charge in [0.1, 0.15) is 0 Å². The molecule has 0 unspecified atom stereocenters. The van der Waals surface area contributed by atoms with E-state index >= 15 is 0 Å². The van der Waals surface area contributed by atoms with Crippen LogP contribution in [0.15, 0.2) is 0 Å². The van der Waals surface area contributed by atoms with Gasteiger partial charge >= 0.3 is 19.8 Å². The zero-order valence-corrected chi connectivity index (χ0v) is 14.6. The Balaban J connectivity index is -0.0000000655. The van der Waals surface area contributed by atoms with Gasteiger partial charge < -0.3 is 16.0 Å². The van der Waals surface area contributed by atoms with Gasteiger partial charge in [-0.05, 0) is 0 Å². The monoisotopic (exact) mass is 285 g/mol. The molecule has 0 radical (unpaired) electrons. The molecule has 0 saturated carbocycles. The maximum atomic E-state index is 3.97. The SMILES string of the molecule is CC[N-]CC.CC[N-]CC.CC[N-]CC.[Ga+3]. The van der Waals surface area contributed by atoms with Crippen molar-refractivity contribution in [3.63, 3.8) is 0 Å². The van der Waals surface area contributed by atoms with Crippen LogP contribution in [-0.2, 0) is 0 Å². The molecule has 0 amide bonds. The minimum atomic E-state index is 0. The molecule has 0 N–H and O–H groups in total. The average molecular weight is 286 g/mol. The minimum Gasteiger partial charge on any atom is -0.663 e. The summed E-state index contributed by atoms with van der Waals surface area (Å²) in [5.41, 5.74) is 0. The standard InChI is InChI=1S/3C4H10N.Ga/c3*1-3-5-4-2;/h3*3-4H2,1-2H3;/q3*-1;+3. The van der Waals surface area contributed by atoms with Gasteiger partial charge in [-0.2, -0.15) is 39.3 Å². The van der Waals surface area contributed by atoms with Crippen LogP contribution in [0.5, 0.6) is 0 Å². The Hall–Kier alpha value is 0.516. The predicted octanol–water partition coefficient (Wildman–Crippen LogP) is 3.82. The van der Waals surface area contributed by atoms with Crippen LogP contribution >= 0.6 is 0 Å². The zero-order valence-electron chi connectivity index (χ0n) is 12.2. The first kappa shape index (κ1) is 25.4. The van der Waals surface area contributed by atoms with Gasteiger partial charge in [0.25, 0.3) is 0 Å². The summed E-state index contributed by atoms with van der Waals surface area (Å²) in [6.07, 6.45) is 0. The molecule has 3 nitrogen and oxygen atoms in total. The van der Waals surface area contributed by atoms with E-state index in [1.165, 1.54) is 0 Å². The molecule has 16 heavy (non-hydrogen) atoms. The largest absolute Gasteiger partial charge is 3.00 e. The first-order chi connectivity index (χ1) is 7.24. The number of nitrogens with zero attached hydrogens (tertiary/aromatic N) is 3. The second kappa shape index (κ2) is 36.1. The molecule has 4 heteroatoms. The maximum Gasteiger partial charge on any atom is 3.00 e. The van der Waals surface area contributed by atoms with Crippen molar-refractivity contribution >= 4 is 19.8 Å². The third-order valence-electron chi connectivity index (χ3n) is 1.34. The number of rotatable bonds is 6. The number of hydrogen-bond donors (Lipinski definition) is 0. The van der Waals surface area contributed by atoms with E-state index in [9.17, 15) is 0 Å². The molecule has 0 atom stereocenters. The molecule has 0 aliphatic carbocycles. The van der Waals surface area contributed by atoms with Crippen LogP contribution in [0.1, 0.15) is 41.5 Å². The van der Waals surface area contributed by atoms with Crippen molar-refractivity contribution in [3.8, 4) is 0 Å². The Morgan fingerprint density at radius 2 is 0.562 bits per heavy atom. The van der Waals surface area contributed by atoms with E-state index in [-0.39, 0.29) is 19.8 Å². The first-order valence-corrected chi connectivity index (χ1v) is 6.14. The Morgan fingerprint density at radius 3 is 0.562 bits per heavy atom. The van der Waals surface area contributed by atoms with Crippen LogP contribution in [0.2, 0.25) is 0 Å². The van der Waals surface area contributed by atoms with Gasteiger partial charge in [-0.15, -0.1) is 0 Å². The van der Waals surface area contributed by atoms with Crippen LogP contribution in [0.4, 0.5) is 0 Å². The van der Waals surface area contributed by atoms with Gasteiger partial charge in [0.2, 0.25) is 0 Å². The summed E-state index contributed by atoms with van der Waals surface area (Å²) < 4.78 is 0. The predicted molar refractivity (Wildman–Crippen MR) is 79.1 cm³/mol. The first-order valence-electron chi connectivity index (χ1n) is 6.14. The van der Waals surface area contributed by atoms with Crippen LogP contribution in [0, 0.1) is 0 Å². The van der Waals surface area contributed by atoms with Gasteiger partial charge in [-0.25, -0.2) is 0 Å². The fraction of sp³-hybridized carbons (Fsp3) is 1.00. The Kier molecular flexibility index (Phi) is 57.3. The van der Waals surface area contributed by atoms with E-state index in [1.54, 1.807) is 0 Å². The van der Waals surface area contributed by atoms with Crippen molar-refractivity contribution in [1.29, 1.82) is 0 Å². The van der Waals surface area contributed by atoms with Crippen LogP contribution in [-0.4, -0.2) is 59.1 Å². The fourth-order valence-electron chi connectivity index (χ4n) is 0.671. The third-order valence-corrected chi connectivity index (χ3v) is 1.34. The van der Waals surface area contributed by atoms with Crippen molar-refractivity contribution in [2.45, 2.75) is 41.5 Å². The molecule has 0 rings (SSSR count). The topological polar surface area (TPSA) is 42.3 Å². The zero-order chi connectivity index (χ0) is 12.4. The van der Waals surface area contributed by atoms with E-state index in [1.807, 2.05) is 41.5 Å². The van der Waals surface area contributed by atoms with E-state index in [0.29, 0.717) is 0 Å². The molecular formula is C12H30GaN3. The average Bonchev–Trinajstić information content (AvgIpc) is 2.23. The van der Waals surface area contributed by atoms with E-state index in [0.717, 1.165) is 39.3 Å².